The monoisotopic (exact) mass is 336 g/mol. The number of nitrogen functional groups attached to an aromatic ring is 1. The summed E-state index contributed by atoms with van der Waals surface area (Å²) in [5.41, 5.74) is 5.50. The number of hydrogen-bond donors (Lipinski definition) is 3. The van der Waals surface area contributed by atoms with Gasteiger partial charge in [-0.1, -0.05) is 13.8 Å². The summed E-state index contributed by atoms with van der Waals surface area (Å²) in [6.07, 6.45) is 0. The number of nitrogens with two attached hydrogens (primary N) is 1. The smallest absolute Gasteiger partial charge is 0.240 e. The summed E-state index contributed by atoms with van der Waals surface area (Å²) in [5.74, 6) is 0. The molecule has 0 spiro atoms. The van der Waals surface area contributed by atoms with Gasteiger partial charge in [0.15, 0.2) is 0 Å². The third-order valence-electron chi connectivity index (χ3n) is 2.45. The molecule has 7 heteroatoms. The van der Waals surface area contributed by atoms with Crippen LogP contribution in [0.25, 0.3) is 0 Å². The van der Waals surface area contributed by atoms with Crippen molar-refractivity contribution in [1.82, 2.24) is 4.72 Å². The van der Waals surface area contributed by atoms with Crippen LogP contribution in [0.4, 0.5) is 5.69 Å². The minimum Gasteiger partial charge on any atom is -0.398 e. The van der Waals surface area contributed by atoms with Crippen LogP contribution in [-0.2, 0) is 10.0 Å². The highest BCUT2D eigenvalue weighted by Crippen LogP contribution is 2.23. The van der Waals surface area contributed by atoms with E-state index in [0.717, 1.165) is 0 Å². The fourth-order valence-corrected chi connectivity index (χ4v) is 2.64. The van der Waals surface area contributed by atoms with Gasteiger partial charge in [-0.25, -0.2) is 13.1 Å². The number of aliphatic hydroxyl groups is 1. The number of aliphatic hydroxyl groups excluding tert-OH is 1. The molecule has 5 nitrogen and oxygen atoms in total. The molecule has 0 aromatic heterocycles. The number of hydrogen-bond acceptors (Lipinski definition) is 4. The molecule has 4 N–H and O–H groups in total. The van der Waals surface area contributed by atoms with Gasteiger partial charge in [-0.15, -0.1) is 0 Å². The number of anilines is 1. The fourth-order valence-electron chi connectivity index (χ4n) is 1.12. The molecule has 0 bridgehead atoms. The molecule has 0 heterocycles. The van der Waals surface area contributed by atoms with Gasteiger partial charge in [0.25, 0.3) is 0 Å². The summed E-state index contributed by atoms with van der Waals surface area (Å²) in [4.78, 5) is 0.108. The Hall–Kier alpha value is -0.630. The molecule has 0 atom stereocenters. The molecule has 0 saturated carbocycles. The van der Waals surface area contributed by atoms with Gasteiger partial charge >= 0.3 is 0 Å². The van der Waals surface area contributed by atoms with Gasteiger partial charge in [0, 0.05) is 28.7 Å². The zero-order valence-electron chi connectivity index (χ0n) is 10.3. The molecule has 1 aromatic rings. The van der Waals surface area contributed by atoms with Crippen molar-refractivity contribution in [3.63, 3.8) is 0 Å². The Balaban J connectivity index is 2.90. The zero-order valence-corrected chi connectivity index (χ0v) is 12.7. The second kappa shape index (κ2) is 5.56. The molecular formula is C11H17BrN2O3S. The Bertz CT molecular complexity index is 529. The van der Waals surface area contributed by atoms with Crippen LogP contribution in [0, 0.1) is 5.41 Å². The lowest BCUT2D eigenvalue weighted by molar-refractivity contribution is 0.163. The predicted molar refractivity (Wildman–Crippen MR) is 74.6 cm³/mol. The maximum atomic E-state index is 12.0. The van der Waals surface area contributed by atoms with E-state index in [1.165, 1.54) is 12.1 Å². The van der Waals surface area contributed by atoms with Crippen molar-refractivity contribution >= 4 is 31.6 Å². The first-order valence-corrected chi connectivity index (χ1v) is 7.61. The van der Waals surface area contributed by atoms with E-state index in [9.17, 15) is 8.42 Å². The zero-order chi connectivity index (χ0) is 14.0. The van der Waals surface area contributed by atoms with Crippen LogP contribution in [0.1, 0.15) is 13.8 Å². The number of halogens is 1. The first-order chi connectivity index (χ1) is 8.18. The molecular weight excluding hydrogens is 320 g/mol. The first-order valence-electron chi connectivity index (χ1n) is 5.33. The second-order valence-corrected chi connectivity index (χ2v) is 7.45. The van der Waals surface area contributed by atoms with Crippen molar-refractivity contribution in [3.05, 3.63) is 22.7 Å². The van der Waals surface area contributed by atoms with E-state index in [2.05, 4.69) is 20.7 Å². The second-order valence-electron chi connectivity index (χ2n) is 4.83. The lowest BCUT2D eigenvalue weighted by Crippen LogP contribution is -2.36. The molecule has 0 unspecified atom stereocenters. The standard InChI is InChI=1S/C11H17BrN2O3S/c1-11(2,7-15)6-14-18(16,17)8-3-4-9(12)10(13)5-8/h3-5,14-15H,6-7,13H2,1-2H3. The van der Waals surface area contributed by atoms with Crippen molar-refractivity contribution < 1.29 is 13.5 Å². The minimum atomic E-state index is -3.60. The highest BCUT2D eigenvalue weighted by atomic mass is 79.9. The van der Waals surface area contributed by atoms with Crippen molar-refractivity contribution in [2.45, 2.75) is 18.7 Å². The van der Waals surface area contributed by atoms with Gasteiger partial charge < -0.3 is 10.8 Å². The summed E-state index contributed by atoms with van der Waals surface area (Å²) in [5, 5.41) is 9.08. The lowest BCUT2D eigenvalue weighted by atomic mass is 9.96. The fraction of sp³-hybridized carbons (Fsp3) is 0.455. The molecule has 0 saturated heterocycles. The van der Waals surface area contributed by atoms with Gasteiger partial charge in [0.05, 0.1) is 4.90 Å². The Labute approximate surface area is 116 Å². The van der Waals surface area contributed by atoms with E-state index in [4.69, 9.17) is 10.8 Å². The van der Waals surface area contributed by atoms with Gasteiger partial charge in [-0.3, -0.25) is 0 Å². The summed E-state index contributed by atoms with van der Waals surface area (Å²) in [6, 6.07) is 4.44. The van der Waals surface area contributed by atoms with Crippen molar-refractivity contribution in [1.29, 1.82) is 0 Å². The highest BCUT2D eigenvalue weighted by Gasteiger charge is 2.21. The predicted octanol–water partition coefficient (Wildman–Crippen LogP) is 1.33. The van der Waals surface area contributed by atoms with Crippen molar-refractivity contribution in [3.8, 4) is 0 Å². The van der Waals surface area contributed by atoms with Crippen molar-refractivity contribution in [2.75, 3.05) is 18.9 Å². The SMILES string of the molecule is CC(C)(CO)CNS(=O)(=O)c1ccc(Br)c(N)c1. The Morgan fingerprint density at radius 3 is 2.56 bits per heavy atom. The van der Waals surface area contributed by atoms with E-state index < -0.39 is 15.4 Å². The van der Waals surface area contributed by atoms with Gasteiger partial charge in [0.2, 0.25) is 10.0 Å². The van der Waals surface area contributed by atoms with Crippen molar-refractivity contribution in [2.24, 2.45) is 5.41 Å². The lowest BCUT2D eigenvalue weighted by Gasteiger charge is -2.21. The molecule has 1 aromatic carbocycles. The molecule has 0 amide bonds. The van der Waals surface area contributed by atoms with Crippen LogP contribution >= 0.6 is 15.9 Å². The molecule has 0 aliphatic heterocycles. The molecule has 0 aliphatic carbocycles. The maximum Gasteiger partial charge on any atom is 0.240 e. The largest absolute Gasteiger partial charge is 0.398 e. The average Bonchev–Trinajstić information content (AvgIpc) is 2.30. The maximum absolute atomic E-state index is 12.0. The van der Waals surface area contributed by atoms with Crippen LogP contribution in [0.15, 0.2) is 27.6 Å². The third-order valence-corrected chi connectivity index (χ3v) is 4.57. The summed E-state index contributed by atoms with van der Waals surface area (Å²) in [6.45, 7) is 3.59. The number of benzene rings is 1. The summed E-state index contributed by atoms with van der Waals surface area (Å²) >= 11 is 3.20. The Morgan fingerprint density at radius 1 is 1.44 bits per heavy atom. The van der Waals surface area contributed by atoms with E-state index in [-0.39, 0.29) is 18.0 Å². The normalized spacial score (nSPS) is 12.7. The molecule has 1 rings (SSSR count). The van der Waals surface area contributed by atoms with Crippen LogP contribution in [0.5, 0.6) is 0 Å². The van der Waals surface area contributed by atoms with E-state index in [1.54, 1.807) is 19.9 Å². The third kappa shape index (κ3) is 3.94. The van der Waals surface area contributed by atoms with Crippen LogP contribution in [0.3, 0.4) is 0 Å². The topological polar surface area (TPSA) is 92.4 Å². The summed E-state index contributed by atoms with van der Waals surface area (Å²) in [7, 11) is -3.60. The van der Waals surface area contributed by atoms with Gasteiger partial charge in [-0.05, 0) is 34.1 Å². The van der Waals surface area contributed by atoms with Gasteiger partial charge in [-0.2, -0.15) is 0 Å². The van der Waals surface area contributed by atoms with Crippen LogP contribution in [-0.4, -0.2) is 26.7 Å². The quantitative estimate of drug-likeness (QED) is 0.707. The van der Waals surface area contributed by atoms with Crippen LogP contribution in [0.2, 0.25) is 0 Å². The van der Waals surface area contributed by atoms with Crippen LogP contribution < -0.4 is 10.5 Å². The summed E-state index contributed by atoms with van der Waals surface area (Å²) < 4.78 is 27.1. The molecule has 0 aliphatic rings. The number of nitrogens with one attached hydrogen (secondary N) is 1. The molecule has 18 heavy (non-hydrogen) atoms. The Kier molecular flexibility index (Phi) is 4.77. The van der Waals surface area contributed by atoms with E-state index in [0.29, 0.717) is 10.2 Å². The van der Waals surface area contributed by atoms with E-state index in [1.807, 2.05) is 0 Å². The highest BCUT2D eigenvalue weighted by molar-refractivity contribution is 9.10. The number of rotatable bonds is 5. The number of sulfonamides is 1. The molecule has 102 valence electrons. The van der Waals surface area contributed by atoms with Gasteiger partial charge in [0.1, 0.15) is 0 Å². The first kappa shape index (κ1) is 15.4. The molecule has 0 fully saturated rings. The Morgan fingerprint density at radius 2 is 2.06 bits per heavy atom. The molecule has 0 radical (unpaired) electrons. The minimum absolute atomic E-state index is 0.0992. The average molecular weight is 337 g/mol. The van der Waals surface area contributed by atoms with E-state index >= 15 is 0 Å².